The van der Waals surface area contributed by atoms with Crippen molar-refractivity contribution in [2.75, 3.05) is 6.54 Å². The SMILES string of the molecule is Fc1ccc(C(F)(F)F)cc1[N-]CC1CC1. The number of alkyl halides is 3. The molecule has 88 valence electrons. The quantitative estimate of drug-likeness (QED) is 0.691. The molecule has 1 aromatic carbocycles. The van der Waals surface area contributed by atoms with Crippen LogP contribution in [0.4, 0.5) is 23.2 Å². The zero-order valence-corrected chi connectivity index (χ0v) is 8.39. The van der Waals surface area contributed by atoms with Gasteiger partial charge in [-0.25, -0.2) is 4.39 Å². The predicted octanol–water partition coefficient (Wildman–Crippen LogP) is 4.26. The third kappa shape index (κ3) is 2.65. The number of halogens is 4. The van der Waals surface area contributed by atoms with Crippen LogP contribution in [0, 0.1) is 11.7 Å². The molecule has 0 atom stereocenters. The lowest BCUT2D eigenvalue weighted by Gasteiger charge is -2.22. The van der Waals surface area contributed by atoms with Crippen molar-refractivity contribution in [2.24, 2.45) is 5.92 Å². The molecule has 0 aliphatic heterocycles. The van der Waals surface area contributed by atoms with E-state index in [0.717, 1.165) is 31.0 Å². The minimum absolute atomic E-state index is 0.193. The minimum atomic E-state index is -4.45. The molecule has 0 amide bonds. The highest BCUT2D eigenvalue weighted by Crippen LogP contribution is 2.37. The van der Waals surface area contributed by atoms with E-state index in [2.05, 4.69) is 5.32 Å². The Labute approximate surface area is 90.5 Å². The molecule has 0 spiro atoms. The number of benzene rings is 1. The van der Waals surface area contributed by atoms with Gasteiger partial charge in [-0.1, -0.05) is 24.8 Å². The Bertz CT molecular complexity index is 382. The van der Waals surface area contributed by atoms with Gasteiger partial charge in [0.25, 0.3) is 0 Å². The van der Waals surface area contributed by atoms with Crippen molar-refractivity contribution in [3.63, 3.8) is 0 Å². The largest absolute Gasteiger partial charge is 0.682 e. The maximum absolute atomic E-state index is 13.2. The molecule has 1 aliphatic carbocycles. The van der Waals surface area contributed by atoms with Gasteiger partial charge in [0.2, 0.25) is 0 Å². The average Bonchev–Trinajstić information content (AvgIpc) is 2.98. The van der Waals surface area contributed by atoms with E-state index in [1.807, 2.05) is 0 Å². The Morgan fingerprint density at radius 1 is 1.25 bits per heavy atom. The van der Waals surface area contributed by atoms with Crippen molar-refractivity contribution in [1.29, 1.82) is 0 Å². The van der Waals surface area contributed by atoms with Gasteiger partial charge >= 0.3 is 6.18 Å². The highest BCUT2D eigenvalue weighted by atomic mass is 19.4. The van der Waals surface area contributed by atoms with E-state index in [-0.39, 0.29) is 5.69 Å². The fourth-order valence-electron chi connectivity index (χ4n) is 1.34. The molecule has 0 aromatic heterocycles. The monoisotopic (exact) mass is 232 g/mol. The molecule has 0 saturated heterocycles. The number of hydrogen-bond acceptors (Lipinski definition) is 0. The van der Waals surface area contributed by atoms with Gasteiger partial charge in [0.05, 0.1) is 5.56 Å². The number of hydrogen-bond donors (Lipinski definition) is 0. The molecule has 16 heavy (non-hydrogen) atoms. The molecule has 0 bridgehead atoms. The zero-order valence-electron chi connectivity index (χ0n) is 8.39. The van der Waals surface area contributed by atoms with Crippen molar-refractivity contribution in [3.05, 3.63) is 34.9 Å². The van der Waals surface area contributed by atoms with Gasteiger partial charge in [0.15, 0.2) is 0 Å². The van der Waals surface area contributed by atoms with Crippen molar-refractivity contribution in [2.45, 2.75) is 19.0 Å². The summed E-state index contributed by atoms with van der Waals surface area (Å²) in [6.07, 6.45) is -2.38. The van der Waals surface area contributed by atoms with Crippen LogP contribution in [0.3, 0.4) is 0 Å². The fraction of sp³-hybridized carbons (Fsp3) is 0.455. The Morgan fingerprint density at radius 2 is 1.94 bits per heavy atom. The molecular formula is C11H10F4N-. The molecule has 1 aliphatic rings. The van der Waals surface area contributed by atoms with E-state index >= 15 is 0 Å². The summed E-state index contributed by atoms with van der Waals surface area (Å²) in [5.74, 6) is -0.275. The summed E-state index contributed by atoms with van der Waals surface area (Å²) < 4.78 is 50.2. The summed E-state index contributed by atoms with van der Waals surface area (Å²) in [6, 6.07) is 2.30. The summed E-state index contributed by atoms with van der Waals surface area (Å²) in [5, 5.41) is 3.87. The molecule has 1 aromatic rings. The first kappa shape index (κ1) is 11.2. The molecule has 0 N–H and O–H groups in total. The first-order valence-corrected chi connectivity index (χ1v) is 5.01. The van der Waals surface area contributed by atoms with E-state index in [1.54, 1.807) is 0 Å². The van der Waals surface area contributed by atoms with Crippen molar-refractivity contribution < 1.29 is 17.6 Å². The van der Waals surface area contributed by atoms with Crippen LogP contribution >= 0.6 is 0 Å². The van der Waals surface area contributed by atoms with Gasteiger partial charge in [-0.15, -0.1) is 12.2 Å². The van der Waals surface area contributed by atoms with Crippen LogP contribution in [0.5, 0.6) is 0 Å². The van der Waals surface area contributed by atoms with Crippen LogP contribution in [0.1, 0.15) is 18.4 Å². The molecule has 0 radical (unpaired) electrons. The van der Waals surface area contributed by atoms with Gasteiger partial charge in [-0.05, 0) is 12.1 Å². The highest BCUT2D eigenvalue weighted by molar-refractivity contribution is 5.52. The smallest absolute Gasteiger partial charge is 0.416 e. The van der Waals surface area contributed by atoms with Gasteiger partial charge in [0.1, 0.15) is 5.82 Å². The Morgan fingerprint density at radius 3 is 2.50 bits per heavy atom. The topological polar surface area (TPSA) is 14.1 Å². The van der Waals surface area contributed by atoms with Crippen LogP contribution in [-0.4, -0.2) is 6.54 Å². The van der Waals surface area contributed by atoms with Crippen LogP contribution < -0.4 is 0 Å². The third-order valence-corrected chi connectivity index (χ3v) is 2.49. The van der Waals surface area contributed by atoms with E-state index < -0.39 is 17.6 Å². The van der Waals surface area contributed by atoms with Crippen molar-refractivity contribution in [1.82, 2.24) is 0 Å². The van der Waals surface area contributed by atoms with E-state index in [4.69, 9.17) is 0 Å². The Balaban J connectivity index is 2.14. The van der Waals surface area contributed by atoms with Crippen molar-refractivity contribution in [3.8, 4) is 0 Å². The number of rotatable bonds is 3. The second kappa shape index (κ2) is 3.96. The van der Waals surface area contributed by atoms with Crippen LogP contribution in [-0.2, 0) is 6.18 Å². The molecule has 1 fully saturated rings. The molecule has 0 heterocycles. The summed E-state index contributed by atoms with van der Waals surface area (Å²) in [4.78, 5) is 0. The normalized spacial score (nSPS) is 16.2. The number of nitrogens with zero attached hydrogens (tertiary/aromatic N) is 1. The lowest BCUT2D eigenvalue weighted by molar-refractivity contribution is -0.137. The fourth-order valence-corrected chi connectivity index (χ4v) is 1.34. The summed E-state index contributed by atoms with van der Waals surface area (Å²) in [5.41, 5.74) is -1.05. The van der Waals surface area contributed by atoms with E-state index in [1.165, 1.54) is 0 Å². The van der Waals surface area contributed by atoms with Crippen LogP contribution in [0.25, 0.3) is 5.32 Å². The Hall–Kier alpha value is -1.26. The molecule has 1 saturated carbocycles. The first-order chi connectivity index (χ1) is 7.47. The predicted molar refractivity (Wildman–Crippen MR) is 52.0 cm³/mol. The van der Waals surface area contributed by atoms with E-state index in [9.17, 15) is 17.6 Å². The molecule has 5 heteroatoms. The van der Waals surface area contributed by atoms with Gasteiger partial charge in [-0.2, -0.15) is 13.2 Å². The second-order valence-corrected chi connectivity index (χ2v) is 3.95. The average molecular weight is 232 g/mol. The zero-order chi connectivity index (χ0) is 11.8. The lowest BCUT2D eigenvalue weighted by atomic mass is 10.2. The summed E-state index contributed by atoms with van der Waals surface area (Å²) in [6.45, 7) is 0.415. The second-order valence-electron chi connectivity index (χ2n) is 3.95. The van der Waals surface area contributed by atoms with Gasteiger partial charge < -0.3 is 5.32 Å². The molecule has 0 unspecified atom stereocenters. The van der Waals surface area contributed by atoms with E-state index in [0.29, 0.717) is 12.5 Å². The third-order valence-electron chi connectivity index (χ3n) is 2.49. The van der Waals surface area contributed by atoms with Crippen LogP contribution in [0.2, 0.25) is 0 Å². The highest BCUT2D eigenvalue weighted by Gasteiger charge is 2.30. The van der Waals surface area contributed by atoms with Gasteiger partial charge in [-0.3, -0.25) is 0 Å². The maximum Gasteiger partial charge on any atom is 0.416 e. The minimum Gasteiger partial charge on any atom is -0.682 e. The molecule has 1 nitrogen and oxygen atoms in total. The lowest BCUT2D eigenvalue weighted by Crippen LogP contribution is -2.04. The van der Waals surface area contributed by atoms with Crippen molar-refractivity contribution >= 4 is 5.69 Å². The summed E-state index contributed by atoms with van der Waals surface area (Å²) >= 11 is 0. The summed E-state index contributed by atoms with van der Waals surface area (Å²) in [7, 11) is 0. The standard InChI is InChI=1S/C11H10F4N/c12-9-4-3-8(11(13,14)15)5-10(9)16-6-7-1-2-7/h3-5,7H,1-2,6H2/q-1. The maximum atomic E-state index is 13.2. The first-order valence-electron chi connectivity index (χ1n) is 5.01. The van der Waals surface area contributed by atoms with Crippen LogP contribution in [0.15, 0.2) is 18.2 Å². The Kier molecular flexibility index (Phi) is 2.78. The van der Waals surface area contributed by atoms with Gasteiger partial charge in [0, 0.05) is 0 Å². The molecule has 2 rings (SSSR count). The molecular weight excluding hydrogens is 222 g/mol.